The Morgan fingerprint density at radius 1 is 1.33 bits per heavy atom. The molecule has 0 aliphatic carbocycles. The highest BCUT2D eigenvalue weighted by atomic mass is 31.1. The molecule has 1 atom stereocenters. The van der Waals surface area contributed by atoms with Crippen molar-refractivity contribution in [2.75, 3.05) is 13.2 Å². The van der Waals surface area contributed by atoms with Gasteiger partial charge in [0.25, 0.3) is 0 Å². The third kappa shape index (κ3) is 4.24. The summed E-state index contributed by atoms with van der Waals surface area (Å²) in [6.07, 6.45) is 1.04. The minimum absolute atomic E-state index is 0.0788. The zero-order chi connectivity index (χ0) is 11.9. The lowest BCUT2D eigenvalue weighted by Crippen LogP contribution is -2.35. The SMILES string of the molecule is CCOC(=O)C(CC)(CC)CO[P+](=O)O. The zero-order valence-electron chi connectivity index (χ0n) is 9.36. The molecule has 0 radical (unpaired) electrons. The fourth-order valence-corrected chi connectivity index (χ4v) is 1.62. The molecule has 1 N–H and O–H groups in total. The third-order valence-corrected chi connectivity index (χ3v) is 2.86. The molecule has 0 heterocycles. The normalized spacial score (nSPS) is 12.4. The molecule has 0 amide bonds. The minimum Gasteiger partial charge on any atom is -0.465 e. The van der Waals surface area contributed by atoms with Gasteiger partial charge in [-0.05, 0) is 19.8 Å². The quantitative estimate of drug-likeness (QED) is 0.541. The first kappa shape index (κ1) is 14.5. The summed E-state index contributed by atoms with van der Waals surface area (Å²) in [5, 5.41) is 0. The van der Waals surface area contributed by atoms with Crippen molar-refractivity contribution >= 4 is 14.2 Å². The Labute approximate surface area is 90.7 Å². The van der Waals surface area contributed by atoms with Crippen molar-refractivity contribution in [1.29, 1.82) is 0 Å². The van der Waals surface area contributed by atoms with Gasteiger partial charge in [0.15, 0.2) is 0 Å². The summed E-state index contributed by atoms with van der Waals surface area (Å²) in [6, 6.07) is 0. The molecule has 0 saturated heterocycles. The fourth-order valence-electron chi connectivity index (χ4n) is 1.26. The molecule has 88 valence electrons. The Morgan fingerprint density at radius 2 is 1.87 bits per heavy atom. The summed E-state index contributed by atoms with van der Waals surface area (Å²) >= 11 is 0. The fraction of sp³-hybridized carbons (Fsp3) is 0.889. The second kappa shape index (κ2) is 6.88. The van der Waals surface area contributed by atoms with Gasteiger partial charge in [-0.1, -0.05) is 13.8 Å². The molecule has 1 unspecified atom stereocenters. The van der Waals surface area contributed by atoms with E-state index in [0.29, 0.717) is 19.4 Å². The second-order valence-electron chi connectivity index (χ2n) is 3.22. The number of carbonyl (C=O) groups is 1. The molecule has 0 rings (SSSR count). The van der Waals surface area contributed by atoms with Gasteiger partial charge in [0.2, 0.25) is 0 Å². The molecule has 0 fully saturated rings. The summed E-state index contributed by atoms with van der Waals surface area (Å²) in [5.41, 5.74) is -0.802. The predicted molar refractivity (Wildman–Crippen MR) is 55.4 cm³/mol. The van der Waals surface area contributed by atoms with Gasteiger partial charge >= 0.3 is 14.2 Å². The van der Waals surface area contributed by atoms with Crippen LogP contribution in [0, 0.1) is 5.41 Å². The van der Waals surface area contributed by atoms with Crippen LogP contribution < -0.4 is 0 Å². The Kier molecular flexibility index (Phi) is 6.65. The molecule has 0 aromatic heterocycles. The van der Waals surface area contributed by atoms with Crippen molar-refractivity contribution < 1.29 is 23.5 Å². The van der Waals surface area contributed by atoms with Crippen LogP contribution >= 0.6 is 8.25 Å². The van der Waals surface area contributed by atoms with Crippen LogP contribution in [0.25, 0.3) is 0 Å². The van der Waals surface area contributed by atoms with E-state index in [2.05, 4.69) is 4.52 Å². The summed E-state index contributed by atoms with van der Waals surface area (Å²) in [6.45, 7) is 5.60. The lowest BCUT2D eigenvalue weighted by atomic mass is 9.83. The van der Waals surface area contributed by atoms with Gasteiger partial charge in [-0.2, -0.15) is 0 Å². The third-order valence-electron chi connectivity index (χ3n) is 2.51. The van der Waals surface area contributed by atoms with E-state index in [-0.39, 0.29) is 12.6 Å². The van der Waals surface area contributed by atoms with Crippen molar-refractivity contribution in [3.8, 4) is 0 Å². The number of hydrogen-bond acceptors (Lipinski definition) is 4. The number of ether oxygens (including phenoxy) is 1. The van der Waals surface area contributed by atoms with E-state index in [4.69, 9.17) is 9.63 Å². The highest BCUT2D eigenvalue weighted by molar-refractivity contribution is 7.32. The van der Waals surface area contributed by atoms with Crippen LogP contribution in [0.3, 0.4) is 0 Å². The van der Waals surface area contributed by atoms with Crippen LogP contribution in [0.2, 0.25) is 0 Å². The first-order valence-corrected chi connectivity index (χ1v) is 6.11. The molecule has 0 aromatic carbocycles. The maximum atomic E-state index is 11.7. The molecule has 0 bridgehead atoms. The van der Waals surface area contributed by atoms with Crippen LogP contribution in [0.4, 0.5) is 0 Å². The lowest BCUT2D eigenvalue weighted by molar-refractivity contribution is -0.158. The van der Waals surface area contributed by atoms with Crippen LogP contribution in [-0.2, 0) is 18.6 Å². The van der Waals surface area contributed by atoms with Gasteiger partial charge in [-0.25, -0.2) is 0 Å². The summed E-state index contributed by atoms with van der Waals surface area (Å²) in [5.74, 6) is -0.369. The molecular weight excluding hydrogens is 219 g/mol. The van der Waals surface area contributed by atoms with Crippen molar-refractivity contribution in [2.24, 2.45) is 5.41 Å². The molecule has 15 heavy (non-hydrogen) atoms. The lowest BCUT2D eigenvalue weighted by Gasteiger charge is -2.25. The first-order valence-electron chi connectivity index (χ1n) is 4.98. The van der Waals surface area contributed by atoms with Gasteiger partial charge in [-0.3, -0.25) is 4.79 Å². The smallest absolute Gasteiger partial charge is 0.465 e. The maximum Gasteiger partial charge on any atom is 0.694 e. The van der Waals surface area contributed by atoms with E-state index in [0.717, 1.165) is 0 Å². The minimum atomic E-state index is -2.67. The van der Waals surface area contributed by atoms with Crippen molar-refractivity contribution in [2.45, 2.75) is 33.6 Å². The van der Waals surface area contributed by atoms with Crippen LogP contribution in [0.1, 0.15) is 33.6 Å². The highest BCUT2D eigenvalue weighted by Crippen LogP contribution is 2.32. The van der Waals surface area contributed by atoms with E-state index >= 15 is 0 Å². The van der Waals surface area contributed by atoms with E-state index in [9.17, 15) is 9.36 Å². The van der Waals surface area contributed by atoms with E-state index in [1.807, 2.05) is 13.8 Å². The maximum absolute atomic E-state index is 11.7. The molecular formula is C9H18O5P+. The Morgan fingerprint density at radius 3 is 2.20 bits per heavy atom. The number of hydrogen-bond donors (Lipinski definition) is 1. The van der Waals surface area contributed by atoms with Gasteiger partial charge in [0.05, 0.1) is 12.0 Å². The van der Waals surface area contributed by atoms with Crippen LogP contribution in [0.5, 0.6) is 0 Å². The van der Waals surface area contributed by atoms with Gasteiger partial charge in [0, 0.05) is 4.57 Å². The molecule has 0 aliphatic rings. The van der Waals surface area contributed by atoms with Crippen LogP contribution in [0.15, 0.2) is 0 Å². The standard InChI is InChI=1S/C9H17O5P/c1-4-9(5-2,7-14-15(11)12)8(10)13-6-3/h4-7H2,1-3H3/p+1. The zero-order valence-corrected chi connectivity index (χ0v) is 10.3. The first-order chi connectivity index (χ1) is 7.02. The van der Waals surface area contributed by atoms with Crippen molar-refractivity contribution in [1.82, 2.24) is 0 Å². The Balaban J connectivity index is 4.55. The average molecular weight is 237 g/mol. The van der Waals surface area contributed by atoms with Gasteiger partial charge in [0.1, 0.15) is 6.61 Å². The van der Waals surface area contributed by atoms with E-state index < -0.39 is 13.7 Å². The summed E-state index contributed by atoms with van der Waals surface area (Å²) in [4.78, 5) is 20.2. The Hall–Kier alpha value is -0.510. The number of carbonyl (C=O) groups excluding carboxylic acids is 1. The molecule has 0 aliphatic heterocycles. The van der Waals surface area contributed by atoms with E-state index in [1.165, 1.54) is 0 Å². The summed E-state index contributed by atoms with van der Waals surface area (Å²) < 4.78 is 20.0. The molecule has 5 nitrogen and oxygen atoms in total. The largest absolute Gasteiger partial charge is 0.694 e. The van der Waals surface area contributed by atoms with Crippen molar-refractivity contribution in [3.63, 3.8) is 0 Å². The molecule has 0 spiro atoms. The monoisotopic (exact) mass is 237 g/mol. The average Bonchev–Trinajstić information content (AvgIpc) is 2.20. The van der Waals surface area contributed by atoms with Gasteiger partial charge < -0.3 is 4.74 Å². The van der Waals surface area contributed by atoms with Gasteiger partial charge in [-0.15, -0.1) is 9.42 Å². The predicted octanol–water partition coefficient (Wildman–Crippen LogP) is 2.02. The second-order valence-corrected chi connectivity index (χ2v) is 3.95. The highest BCUT2D eigenvalue weighted by Gasteiger charge is 2.39. The number of rotatable bonds is 7. The number of esters is 1. The molecule has 6 heteroatoms. The van der Waals surface area contributed by atoms with E-state index in [1.54, 1.807) is 6.92 Å². The molecule has 0 aromatic rings. The summed E-state index contributed by atoms with van der Waals surface area (Å²) in [7, 11) is -2.67. The van der Waals surface area contributed by atoms with Crippen molar-refractivity contribution in [3.05, 3.63) is 0 Å². The van der Waals surface area contributed by atoms with Crippen LogP contribution in [-0.4, -0.2) is 24.1 Å². The Bertz CT molecular complexity index is 225. The molecule has 0 saturated carbocycles. The topological polar surface area (TPSA) is 72.8 Å².